The predicted molar refractivity (Wildman–Crippen MR) is 85.8 cm³/mol. The Balaban J connectivity index is 2.24. The van der Waals surface area contributed by atoms with Gasteiger partial charge in [-0.05, 0) is 39.5 Å². The molecule has 0 saturated heterocycles. The molecule has 2 amide bonds. The molecule has 1 aromatic rings. The van der Waals surface area contributed by atoms with Crippen molar-refractivity contribution in [1.29, 1.82) is 0 Å². The van der Waals surface area contributed by atoms with E-state index >= 15 is 0 Å². The van der Waals surface area contributed by atoms with Crippen molar-refractivity contribution in [3.63, 3.8) is 0 Å². The highest BCUT2D eigenvalue weighted by Gasteiger charge is 2.27. The standard InChI is InChI=1S/C16H29N3O3/c1-6-11(2)16(5,21)10-18-15(20)17-9-7-8-14-12(3)19-22-13(14)4/h11,21H,6-10H2,1-5H3,(H2,17,18,20). The maximum absolute atomic E-state index is 11.7. The van der Waals surface area contributed by atoms with Crippen molar-refractivity contribution in [3.05, 3.63) is 17.0 Å². The zero-order valence-electron chi connectivity index (χ0n) is 14.3. The lowest BCUT2D eigenvalue weighted by Gasteiger charge is -2.29. The lowest BCUT2D eigenvalue weighted by atomic mass is 9.89. The van der Waals surface area contributed by atoms with E-state index in [0.29, 0.717) is 6.54 Å². The molecule has 0 fully saturated rings. The number of amides is 2. The van der Waals surface area contributed by atoms with Crippen molar-refractivity contribution in [3.8, 4) is 0 Å². The van der Waals surface area contributed by atoms with E-state index in [4.69, 9.17) is 4.52 Å². The minimum Gasteiger partial charge on any atom is -0.388 e. The van der Waals surface area contributed by atoms with Crippen LogP contribution in [-0.4, -0.2) is 35.0 Å². The summed E-state index contributed by atoms with van der Waals surface area (Å²) < 4.78 is 5.10. The van der Waals surface area contributed by atoms with E-state index in [1.807, 2.05) is 27.7 Å². The van der Waals surface area contributed by atoms with Gasteiger partial charge < -0.3 is 20.3 Å². The van der Waals surface area contributed by atoms with Gasteiger partial charge in [0.15, 0.2) is 0 Å². The summed E-state index contributed by atoms with van der Waals surface area (Å²) in [5.74, 6) is 0.971. The quantitative estimate of drug-likeness (QED) is 0.643. The molecule has 1 aromatic heterocycles. The average molecular weight is 311 g/mol. The van der Waals surface area contributed by atoms with Gasteiger partial charge in [-0.2, -0.15) is 0 Å². The summed E-state index contributed by atoms with van der Waals surface area (Å²) in [5, 5.41) is 19.7. The van der Waals surface area contributed by atoms with Gasteiger partial charge in [0.05, 0.1) is 11.3 Å². The molecular formula is C16H29N3O3. The number of hydrogen-bond donors (Lipinski definition) is 3. The minimum atomic E-state index is -0.886. The lowest BCUT2D eigenvalue weighted by molar-refractivity contribution is 0.00791. The second-order valence-electron chi connectivity index (χ2n) is 6.18. The highest BCUT2D eigenvalue weighted by molar-refractivity contribution is 5.73. The Hall–Kier alpha value is -1.56. The monoisotopic (exact) mass is 311 g/mol. The van der Waals surface area contributed by atoms with Crippen molar-refractivity contribution in [2.75, 3.05) is 13.1 Å². The number of urea groups is 1. The Morgan fingerprint density at radius 3 is 2.64 bits per heavy atom. The summed E-state index contributed by atoms with van der Waals surface area (Å²) in [6.07, 6.45) is 2.51. The Kier molecular flexibility index (Phi) is 6.87. The fourth-order valence-corrected chi connectivity index (χ4v) is 2.26. The van der Waals surface area contributed by atoms with Crippen LogP contribution < -0.4 is 10.6 Å². The highest BCUT2D eigenvalue weighted by atomic mass is 16.5. The van der Waals surface area contributed by atoms with Gasteiger partial charge in [0.1, 0.15) is 5.76 Å². The number of nitrogens with one attached hydrogen (secondary N) is 2. The van der Waals surface area contributed by atoms with Crippen LogP contribution in [0.4, 0.5) is 4.79 Å². The van der Waals surface area contributed by atoms with E-state index in [1.165, 1.54) is 0 Å². The first-order valence-corrected chi connectivity index (χ1v) is 7.93. The molecular weight excluding hydrogens is 282 g/mol. The minimum absolute atomic E-state index is 0.132. The maximum Gasteiger partial charge on any atom is 0.314 e. The fourth-order valence-electron chi connectivity index (χ4n) is 2.26. The Morgan fingerprint density at radius 1 is 1.41 bits per heavy atom. The number of hydrogen-bond acceptors (Lipinski definition) is 4. The van der Waals surface area contributed by atoms with Gasteiger partial charge in [0.2, 0.25) is 0 Å². The number of nitrogens with zero attached hydrogens (tertiary/aromatic N) is 1. The Bertz CT molecular complexity index is 463. The Morgan fingerprint density at radius 2 is 2.09 bits per heavy atom. The molecule has 1 heterocycles. The first-order valence-electron chi connectivity index (χ1n) is 7.93. The van der Waals surface area contributed by atoms with Gasteiger partial charge in [-0.3, -0.25) is 0 Å². The third kappa shape index (κ3) is 5.33. The van der Waals surface area contributed by atoms with E-state index in [-0.39, 0.29) is 18.5 Å². The SMILES string of the molecule is CCC(C)C(C)(O)CNC(=O)NCCCc1c(C)noc1C. The van der Waals surface area contributed by atoms with Crippen LogP contribution in [0.25, 0.3) is 0 Å². The highest BCUT2D eigenvalue weighted by Crippen LogP contribution is 2.18. The van der Waals surface area contributed by atoms with E-state index in [2.05, 4.69) is 15.8 Å². The van der Waals surface area contributed by atoms with Crippen molar-refractivity contribution >= 4 is 6.03 Å². The molecule has 0 aliphatic carbocycles. The number of carbonyl (C=O) groups excluding carboxylic acids is 1. The molecule has 0 radical (unpaired) electrons. The molecule has 0 spiro atoms. The average Bonchev–Trinajstić information content (AvgIpc) is 2.80. The topological polar surface area (TPSA) is 87.4 Å². The number of carbonyl (C=O) groups is 1. The molecule has 2 unspecified atom stereocenters. The van der Waals surface area contributed by atoms with E-state index < -0.39 is 5.60 Å². The fraction of sp³-hybridized carbons (Fsp3) is 0.750. The van der Waals surface area contributed by atoms with Gasteiger partial charge >= 0.3 is 6.03 Å². The molecule has 0 aliphatic rings. The first kappa shape index (κ1) is 18.5. The first-order chi connectivity index (χ1) is 10.3. The van der Waals surface area contributed by atoms with Crippen LogP contribution in [0, 0.1) is 19.8 Å². The van der Waals surface area contributed by atoms with Crippen LogP contribution in [0.1, 0.15) is 50.6 Å². The summed E-state index contributed by atoms with van der Waals surface area (Å²) in [7, 11) is 0. The number of aromatic nitrogens is 1. The molecule has 0 bridgehead atoms. The van der Waals surface area contributed by atoms with Crippen LogP contribution in [0.3, 0.4) is 0 Å². The second-order valence-corrected chi connectivity index (χ2v) is 6.18. The Labute approximate surface area is 132 Å². The van der Waals surface area contributed by atoms with E-state index in [9.17, 15) is 9.90 Å². The number of aryl methyl sites for hydroxylation is 2. The van der Waals surface area contributed by atoms with Crippen LogP contribution in [-0.2, 0) is 6.42 Å². The van der Waals surface area contributed by atoms with E-state index in [1.54, 1.807) is 6.92 Å². The van der Waals surface area contributed by atoms with Crippen molar-refractivity contribution in [1.82, 2.24) is 15.8 Å². The van der Waals surface area contributed by atoms with Crippen LogP contribution in [0.5, 0.6) is 0 Å². The van der Waals surface area contributed by atoms with Gasteiger partial charge in [0.25, 0.3) is 0 Å². The predicted octanol–water partition coefficient (Wildman–Crippen LogP) is 2.32. The van der Waals surface area contributed by atoms with Crippen molar-refractivity contribution < 1.29 is 14.4 Å². The molecule has 0 saturated carbocycles. The van der Waals surface area contributed by atoms with Gasteiger partial charge in [-0.1, -0.05) is 25.4 Å². The lowest BCUT2D eigenvalue weighted by Crippen LogP contribution is -2.48. The molecule has 0 aliphatic heterocycles. The third-order valence-electron chi connectivity index (χ3n) is 4.35. The summed E-state index contributed by atoms with van der Waals surface area (Å²) in [6, 6.07) is -0.248. The van der Waals surface area contributed by atoms with E-state index in [0.717, 1.165) is 36.3 Å². The van der Waals surface area contributed by atoms with Crippen LogP contribution >= 0.6 is 0 Å². The summed E-state index contributed by atoms with van der Waals surface area (Å²) >= 11 is 0. The number of rotatable bonds is 8. The van der Waals surface area contributed by atoms with Gasteiger partial charge in [-0.25, -0.2) is 4.79 Å². The largest absolute Gasteiger partial charge is 0.388 e. The third-order valence-corrected chi connectivity index (χ3v) is 4.35. The summed E-state index contributed by atoms with van der Waals surface area (Å²) in [6.45, 7) is 10.4. The number of aliphatic hydroxyl groups is 1. The summed E-state index contributed by atoms with van der Waals surface area (Å²) in [4.78, 5) is 11.7. The normalized spacial score (nSPS) is 15.2. The summed E-state index contributed by atoms with van der Waals surface area (Å²) in [5.41, 5.74) is 1.14. The smallest absolute Gasteiger partial charge is 0.314 e. The van der Waals surface area contributed by atoms with Crippen molar-refractivity contribution in [2.45, 2.75) is 59.5 Å². The molecule has 3 N–H and O–H groups in total. The molecule has 0 aromatic carbocycles. The van der Waals surface area contributed by atoms with Gasteiger partial charge in [0, 0.05) is 18.7 Å². The molecule has 6 nitrogen and oxygen atoms in total. The van der Waals surface area contributed by atoms with Crippen molar-refractivity contribution in [2.24, 2.45) is 5.92 Å². The zero-order valence-corrected chi connectivity index (χ0v) is 14.3. The molecule has 2 atom stereocenters. The molecule has 22 heavy (non-hydrogen) atoms. The van der Waals surface area contributed by atoms with Crippen LogP contribution in [0.15, 0.2) is 4.52 Å². The second kappa shape index (κ2) is 8.17. The maximum atomic E-state index is 11.7. The van der Waals surface area contributed by atoms with Gasteiger partial charge in [-0.15, -0.1) is 0 Å². The molecule has 6 heteroatoms. The molecule has 126 valence electrons. The van der Waals surface area contributed by atoms with Crippen LogP contribution in [0.2, 0.25) is 0 Å². The molecule has 1 rings (SSSR count). The zero-order chi connectivity index (χ0) is 16.8.